The zero-order valence-electron chi connectivity index (χ0n) is 13.2. The Bertz CT molecular complexity index is 734. The van der Waals surface area contributed by atoms with Gasteiger partial charge in [-0.25, -0.2) is 4.79 Å². The number of methoxy groups -OCH3 is 1. The Kier molecular flexibility index (Phi) is 4.87. The van der Waals surface area contributed by atoms with Crippen molar-refractivity contribution in [1.29, 1.82) is 0 Å². The van der Waals surface area contributed by atoms with Crippen LogP contribution in [-0.2, 0) is 25.5 Å². The number of rotatable bonds is 6. The summed E-state index contributed by atoms with van der Waals surface area (Å²) in [7, 11) is 1.29. The Morgan fingerprint density at radius 3 is 2.80 bits per heavy atom. The smallest absolute Gasteiger partial charge is 0.330 e. The third-order valence-corrected chi connectivity index (χ3v) is 6.24. The van der Waals surface area contributed by atoms with Gasteiger partial charge in [0.25, 0.3) is 11.6 Å². The average molecular weight is 384 g/mol. The van der Waals surface area contributed by atoms with E-state index >= 15 is 0 Å². The molecule has 8 nitrogen and oxygen atoms in total. The first-order valence-corrected chi connectivity index (χ1v) is 9.16. The van der Waals surface area contributed by atoms with Crippen LogP contribution in [0.5, 0.6) is 0 Å². The third kappa shape index (κ3) is 2.84. The second-order valence-electron chi connectivity index (χ2n) is 5.54. The fourth-order valence-corrected chi connectivity index (χ4v) is 4.93. The highest BCUT2D eigenvalue weighted by molar-refractivity contribution is 8.03. The van der Waals surface area contributed by atoms with Gasteiger partial charge in [-0.2, -0.15) is 0 Å². The molecule has 10 heteroatoms. The van der Waals surface area contributed by atoms with Crippen LogP contribution in [0.4, 0.5) is 0 Å². The molecule has 0 saturated carbocycles. The van der Waals surface area contributed by atoms with Gasteiger partial charge < -0.3 is 25.2 Å². The van der Waals surface area contributed by atoms with E-state index in [1.807, 2.05) is 17.5 Å². The number of thioether (sulfide) groups is 1. The van der Waals surface area contributed by atoms with Gasteiger partial charge in [0.2, 0.25) is 5.91 Å². The van der Waals surface area contributed by atoms with Gasteiger partial charge in [0.1, 0.15) is 5.37 Å². The molecule has 0 aromatic carbocycles. The van der Waals surface area contributed by atoms with E-state index in [4.69, 9.17) is 4.74 Å². The highest BCUT2D eigenvalue weighted by atomic mass is 32.2. The number of fused-ring (bicyclic) bond motifs is 1. The molecule has 2 unspecified atom stereocenters. The number of carbonyl (C=O) groups is 3. The number of nitrogens with zero attached hydrogens (tertiary/aromatic N) is 1. The molecule has 0 spiro atoms. The molecule has 3 N–H and O–H groups in total. The molecular formula is C15H16N2O6S2. The number of ether oxygens (including phenoxy) is 1. The van der Waals surface area contributed by atoms with E-state index in [0.29, 0.717) is 0 Å². The normalized spacial score (nSPS) is 28.0. The van der Waals surface area contributed by atoms with Crippen LogP contribution in [0.15, 0.2) is 28.5 Å². The van der Waals surface area contributed by atoms with Crippen LogP contribution < -0.4 is 5.32 Å². The van der Waals surface area contributed by atoms with Crippen LogP contribution in [0.25, 0.3) is 0 Å². The summed E-state index contributed by atoms with van der Waals surface area (Å²) in [6.45, 7) is -0.467. The number of amides is 2. The Morgan fingerprint density at radius 1 is 1.48 bits per heavy atom. The van der Waals surface area contributed by atoms with E-state index in [0.717, 1.165) is 21.5 Å². The zero-order chi connectivity index (χ0) is 18.2. The van der Waals surface area contributed by atoms with E-state index in [1.165, 1.54) is 23.9 Å². The minimum atomic E-state index is -1.61. The predicted molar refractivity (Wildman–Crippen MR) is 90.7 cm³/mol. The van der Waals surface area contributed by atoms with Crippen molar-refractivity contribution in [1.82, 2.24) is 10.2 Å². The lowest BCUT2D eigenvalue weighted by Gasteiger charge is -2.57. The number of carbonyl (C=O) groups excluding carboxylic acids is 2. The maximum Gasteiger partial charge on any atom is 0.330 e. The van der Waals surface area contributed by atoms with E-state index in [1.54, 1.807) is 0 Å². The van der Waals surface area contributed by atoms with Gasteiger partial charge in [-0.05, 0) is 22.4 Å². The maximum atomic E-state index is 12.7. The maximum absolute atomic E-state index is 12.7. The summed E-state index contributed by atoms with van der Waals surface area (Å²) in [6, 6.07) is 2.37. The number of nitrogens with one attached hydrogen (secondary N) is 1. The lowest BCUT2D eigenvalue weighted by molar-refractivity contribution is -0.201. The van der Waals surface area contributed by atoms with Crippen LogP contribution in [-0.4, -0.2) is 63.8 Å². The van der Waals surface area contributed by atoms with Crippen LogP contribution in [0.2, 0.25) is 0 Å². The molecule has 3 atom stereocenters. The van der Waals surface area contributed by atoms with Crippen molar-refractivity contribution in [3.63, 3.8) is 0 Å². The number of aliphatic hydroxyl groups excluding tert-OH is 1. The molecule has 1 aromatic heterocycles. The van der Waals surface area contributed by atoms with Crippen molar-refractivity contribution in [2.24, 2.45) is 0 Å². The minimum absolute atomic E-state index is 0.105. The topological polar surface area (TPSA) is 116 Å². The Hall–Kier alpha value is -1.88. The molecule has 3 rings (SSSR count). The standard InChI is InChI=1S/C15H16N2O6S2/c1-23-15(16-10(19)5-9-3-2-4-24-9)13(22)17-11(12(20)21)8(6-18)7-25-14(15)17/h2-4,7,11,14,18H,5-6H2,1H3,(H,16,19)(H,20,21)/t11?,14-,15?/m0/s1. The molecule has 134 valence electrons. The fraction of sp³-hybridized carbons (Fsp3) is 0.400. The van der Waals surface area contributed by atoms with Crippen molar-refractivity contribution >= 4 is 40.9 Å². The number of hydrogen-bond acceptors (Lipinski definition) is 7. The lowest BCUT2D eigenvalue weighted by Crippen LogP contribution is -2.83. The number of thiophene rings is 1. The first-order valence-electron chi connectivity index (χ1n) is 7.34. The molecule has 0 aliphatic carbocycles. The second-order valence-corrected chi connectivity index (χ2v) is 7.52. The van der Waals surface area contributed by atoms with Crippen LogP contribution in [0.1, 0.15) is 4.88 Å². The average Bonchev–Trinajstić information content (AvgIpc) is 3.10. The van der Waals surface area contributed by atoms with E-state index in [-0.39, 0.29) is 17.9 Å². The Balaban J connectivity index is 1.81. The largest absolute Gasteiger partial charge is 0.479 e. The Labute approximate surface area is 151 Å². The van der Waals surface area contributed by atoms with Gasteiger partial charge in [0, 0.05) is 12.0 Å². The summed E-state index contributed by atoms with van der Waals surface area (Å²) in [5, 5.41) is 24.0. The van der Waals surface area contributed by atoms with Crippen molar-refractivity contribution < 1.29 is 29.3 Å². The third-order valence-electron chi connectivity index (χ3n) is 4.11. The quantitative estimate of drug-likeness (QED) is 0.467. The minimum Gasteiger partial charge on any atom is -0.479 e. The summed E-state index contributed by atoms with van der Waals surface area (Å²) in [5.41, 5.74) is -1.39. The van der Waals surface area contributed by atoms with Gasteiger partial charge in [-0.3, -0.25) is 9.59 Å². The summed E-state index contributed by atoms with van der Waals surface area (Å²) >= 11 is 2.56. The van der Waals surface area contributed by atoms with Crippen molar-refractivity contribution in [2.75, 3.05) is 13.7 Å². The zero-order valence-corrected chi connectivity index (χ0v) is 14.8. The molecule has 25 heavy (non-hydrogen) atoms. The number of β-lactam (4-membered cyclic amide) rings is 1. The molecule has 1 fully saturated rings. The van der Waals surface area contributed by atoms with Gasteiger partial charge in [0.05, 0.1) is 13.0 Å². The molecule has 3 heterocycles. The molecule has 2 aliphatic rings. The molecular weight excluding hydrogens is 368 g/mol. The molecule has 0 bridgehead atoms. The molecule has 0 radical (unpaired) electrons. The van der Waals surface area contributed by atoms with E-state index in [2.05, 4.69) is 5.32 Å². The van der Waals surface area contributed by atoms with E-state index < -0.39 is 35.6 Å². The number of hydrogen-bond donors (Lipinski definition) is 3. The fourth-order valence-electron chi connectivity index (χ4n) is 2.92. The number of aliphatic carboxylic acids is 1. The van der Waals surface area contributed by atoms with Crippen LogP contribution in [0.3, 0.4) is 0 Å². The summed E-state index contributed by atoms with van der Waals surface area (Å²) < 4.78 is 5.32. The highest BCUT2D eigenvalue weighted by Crippen LogP contribution is 2.46. The van der Waals surface area contributed by atoms with Crippen molar-refractivity contribution in [2.45, 2.75) is 23.6 Å². The van der Waals surface area contributed by atoms with Crippen LogP contribution >= 0.6 is 23.1 Å². The van der Waals surface area contributed by atoms with Gasteiger partial charge in [-0.15, -0.1) is 23.1 Å². The SMILES string of the molecule is COC1(NC(=O)Cc2cccs2)C(=O)N2C(C(=O)O)C(CO)=CS[C@H]21. The first kappa shape index (κ1) is 17.9. The molecule has 2 amide bonds. The summed E-state index contributed by atoms with van der Waals surface area (Å²) in [6.07, 6.45) is 0.105. The number of carboxylic acid groups (broad SMARTS) is 1. The van der Waals surface area contributed by atoms with Crippen molar-refractivity contribution in [3.8, 4) is 0 Å². The monoisotopic (exact) mass is 384 g/mol. The number of carboxylic acids is 1. The number of aliphatic hydroxyl groups is 1. The molecule has 1 aromatic rings. The summed E-state index contributed by atoms with van der Waals surface area (Å²) in [5.74, 6) is -2.27. The van der Waals surface area contributed by atoms with Crippen LogP contribution in [0, 0.1) is 0 Å². The molecule has 1 saturated heterocycles. The van der Waals surface area contributed by atoms with Gasteiger partial charge in [0.15, 0.2) is 6.04 Å². The lowest BCUT2D eigenvalue weighted by atomic mass is 9.94. The predicted octanol–water partition coefficient (Wildman–Crippen LogP) is -0.00600. The highest BCUT2D eigenvalue weighted by Gasteiger charge is 2.67. The second kappa shape index (κ2) is 6.79. The van der Waals surface area contributed by atoms with Crippen molar-refractivity contribution in [3.05, 3.63) is 33.4 Å². The Morgan fingerprint density at radius 2 is 2.24 bits per heavy atom. The van der Waals surface area contributed by atoms with E-state index in [9.17, 15) is 24.6 Å². The summed E-state index contributed by atoms with van der Waals surface area (Å²) in [4.78, 5) is 38.4. The van der Waals surface area contributed by atoms with Gasteiger partial charge in [-0.1, -0.05) is 6.07 Å². The first-order chi connectivity index (χ1) is 11.9. The van der Waals surface area contributed by atoms with Gasteiger partial charge >= 0.3 is 5.97 Å². The molecule has 2 aliphatic heterocycles.